The molecule has 0 spiro atoms. The molecular weight excluding hydrogens is 360 g/mol. The maximum Gasteiger partial charge on any atom is 0.289 e. The summed E-state index contributed by atoms with van der Waals surface area (Å²) in [6.07, 6.45) is 4.99. The van der Waals surface area contributed by atoms with E-state index in [1.807, 2.05) is 0 Å². The third-order valence-electron chi connectivity index (χ3n) is 5.10. The Labute approximate surface area is 163 Å². The van der Waals surface area contributed by atoms with Crippen molar-refractivity contribution in [2.75, 3.05) is 44.7 Å². The summed E-state index contributed by atoms with van der Waals surface area (Å²) in [5.41, 5.74) is 0.610. The van der Waals surface area contributed by atoms with Crippen LogP contribution < -0.4 is 5.32 Å². The number of hydrogen-bond acceptors (Lipinski definition) is 6. The predicted molar refractivity (Wildman–Crippen MR) is 102 cm³/mol. The van der Waals surface area contributed by atoms with Gasteiger partial charge in [-0.05, 0) is 37.1 Å². The Hall–Kier alpha value is -2.87. The summed E-state index contributed by atoms with van der Waals surface area (Å²) < 4.78 is 10.5. The number of morpholine rings is 1. The summed E-state index contributed by atoms with van der Waals surface area (Å²) in [5.74, 6) is 0.904. The minimum absolute atomic E-state index is 0.00739. The highest BCUT2D eigenvalue weighted by atomic mass is 16.5. The Morgan fingerprint density at radius 1 is 1.11 bits per heavy atom. The van der Waals surface area contributed by atoms with Gasteiger partial charge in [-0.15, -0.1) is 0 Å². The molecule has 2 aliphatic heterocycles. The van der Waals surface area contributed by atoms with Gasteiger partial charge in [0.2, 0.25) is 0 Å². The van der Waals surface area contributed by atoms with Crippen molar-refractivity contribution in [2.24, 2.45) is 0 Å². The van der Waals surface area contributed by atoms with E-state index in [9.17, 15) is 9.59 Å². The minimum Gasteiger partial charge on any atom is -0.459 e. The summed E-state index contributed by atoms with van der Waals surface area (Å²) in [7, 11) is 0. The van der Waals surface area contributed by atoms with Gasteiger partial charge in [-0.1, -0.05) is 0 Å². The van der Waals surface area contributed by atoms with Crippen molar-refractivity contribution in [2.45, 2.75) is 18.9 Å². The second kappa shape index (κ2) is 8.43. The van der Waals surface area contributed by atoms with E-state index in [0.29, 0.717) is 56.5 Å². The van der Waals surface area contributed by atoms with Crippen LogP contribution in [0.2, 0.25) is 0 Å². The first kappa shape index (κ1) is 18.5. The minimum atomic E-state index is -0.0966. The zero-order valence-electron chi connectivity index (χ0n) is 15.7. The van der Waals surface area contributed by atoms with Crippen LogP contribution in [0.4, 0.5) is 5.82 Å². The third kappa shape index (κ3) is 4.17. The lowest BCUT2D eigenvalue weighted by Crippen LogP contribution is -2.45. The van der Waals surface area contributed by atoms with E-state index in [1.165, 1.54) is 6.26 Å². The summed E-state index contributed by atoms with van der Waals surface area (Å²) in [4.78, 5) is 33.1. The highest BCUT2D eigenvalue weighted by Crippen LogP contribution is 2.18. The number of nitrogens with one attached hydrogen (secondary N) is 1. The largest absolute Gasteiger partial charge is 0.459 e. The standard InChI is InChI=1S/C20H24N4O4/c25-19(23-8-11-27-12-9-23)15-5-6-21-18(13-15)22-16-3-1-7-24(14-16)20(26)17-4-2-10-28-17/h2,4-6,10,13,16H,1,3,7-9,11-12,14H2,(H,21,22). The third-order valence-corrected chi connectivity index (χ3v) is 5.10. The van der Waals surface area contributed by atoms with E-state index < -0.39 is 0 Å². The summed E-state index contributed by atoms with van der Waals surface area (Å²) >= 11 is 0. The Morgan fingerprint density at radius 2 is 1.96 bits per heavy atom. The number of likely N-dealkylation sites (tertiary alicyclic amines) is 1. The highest BCUT2D eigenvalue weighted by molar-refractivity contribution is 5.95. The number of pyridine rings is 1. The molecule has 2 aliphatic rings. The fourth-order valence-corrected chi connectivity index (χ4v) is 3.64. The quantitative estimate of drug-likeness (QED) is 0.866. The van der Waals surface area contributed by atoms with Crippen LogP contribution in [0, 0.1) is 0 Å². The van der Waals surface area contributed by atoms with Crippen LogP contribution in [-0.2, 0) is 4.74 Å². The van der Waals surface area contributed by atoms with Crippen molar-refractivity contribution >= 4 is 17.6 Å². The van der Waals surface area contributed by atoms with E-state index in [-0.39, 0.29) is 17.9 Å². The van der Waals surface area contributed by atoms with Gasteiger partial charge >= 0.3 is 0 Å². The highest BCUT2D eigenvalue weighted by Gasteiger charge is 2.26. The maximum atomic E-state index is 12.7. The molecule has 1 unspecified atom stereocenters. The Balaban J connectivity index is 1.39. The topological polar surface area (TPSA) is 87.9 Å². The number of ether oxygens (including phenoxy) is 1. The molecule has 0 radical (unpaired) electrons. The average molecular weight is 384 g/mol. The number of carbonyl (C=O) groups excluding carboxylic acids is 2. The molecule has 4 rings (SSSR count). The van der Waals surface area contributed by atoms with Crippen molar-refractivity contribution in [3.63, 3.8) is 0 Å². The average Bonchev–Trinajstić information content (AvgIpc) is 3.29. The number of rotatable bonds is 4. The fraction of sp³-hybridized carbons (Fsp3) is 0.450. The van der Waals surface area contributed by atoms with Crippen molar-refractivity contribution in [1.29, 1.82) is 0 Å². The molecule has 2 aromatic heterocycles. The van der Waals surface area contributed by atoms with E-state index in [0.717, 1.165) is 12.8 Å². The van der Waals surface area contributed by atoms with Gasteiger partial charge in [0.15, 0.2) is 5.76 Å². The van der Waals surface area contributed by atoms with Crippen LogP contribution in [0.1, 0.15) is 33.8 Å². The molecule has 1 atom stereocenters. The van der Waals surface area contributed by atoms with Crippen molar-refractivity contribution < 1.29 is 18.7 Å². The lowest BCUT2D eigenvalue weighted by atomic mass is 10.1. The second-order valence-electron chi connectivity index (χ2n) is 7.05. The number of aromatic nitrogens is 1. The van der Waals surface area contributed by atoms with E-state index >= 15 is 0 Å². The van der Waals surface area contributed by atoms with E-state index in [2.05, 4.69) is 10.3 Å². The number of carbonyl (C=O) groups is 2. The Kier molecular flexibility index (Phi) is 5.57. The van der Waals surface area contributed by atoms with Gasteiger partial charge in [0, 0.05) is 44.0 Å². The van der Waals surface area contributed by atoms with Gasteiger partial charge in [-0.25, -0.2) is 4.98 Å². The number of hydrogen-bond donors (Lipinski definition) is 1. The van der Waals surface area contributed by atoms with Gasteiger partial charge in [0.1, 0.15) is 5.82 Å². The predicted octanol–water partition coefficient (Wildman–Crippen LogP) is 1.86. The molecule has 8 nitrogen and oxygen atoms in total. The number of furan rings is 1. The zero-order valence-corrected chi connectivity index (χ0v) is 15.7. The molecule has 2 amide bonds. The maximum absolute atomic E-state index is 12.7. The van der Waals surface area contributed by atoms with Crippen LogP contribution in [0.5, 0.6) is 0 Å². The van der Waals surface area contributed by atoms with Crippen LogP contribution >= 0.6 is 0 Å². The first-order valence-electron chi connectivity index (χ1n) is 9.63. The molecule has 2 saturated heterocycles. The van der Waals surface area contributed by atoms with Crippen molar-refractivity contribution in [3.05, 3.63) is 48.0 Å². The van der Waals surface area contributed by atoms with Gasteiger partial charge in [0.05, 0.1) is 19.5 Å². The Morgan fingerprint density at radius 3 is 2.75 bits per heavy atom. The van der Waals surface area contributed by atoms with Gasteiger partial charge in [-0.3, -0.25) is 9.59 Å². The molecule has 0 bridgehead atoms. The van der Waals surface area contributed by atoms with Crippen LogP contribution in [0.3, 0.4) is 0 Å². The number of anilines is 1. The molecule has 4 heterocycles. The summed E-state index contributed by atoms with van der Waals surface area (Å²) in [6.45, 7) is 3.64. The first-order chi connectivity index (χ1) is 13.7. The van der Waals surface area contributed by atoms with Crippen LogP contribution in [0.25, 0.3) is 0 Å². The van der Waals surface area contributed by atoms with E-state index in [1.54, 1.807) is 40.3 Å². The molecule has 0 aromatic carbocycles. The van der Waals surface area contributed by atoms with Crippen molar-refractivity contribution in [3.8, 4) is 0 Å². The monoisotopic (exact) mass is 384 g/mol. The zero-order chi connectivity index (χ0) is 19.3. The smallest absolute Gasteiger partial charge is 0.289 e. The second-order valence-corrected chi connectivity index (χ2v) is 7.05. The van der Waals surface area contributed by atoms with Gasteiger partial charge in [0.25, 0.3) is 11.8 Å². The molecule has 148 valence electrons. The van der Waals surface area contributed by atoms with Crippen molar-refractivity contribution in [1.82, 2.24) is 14.8 Å². The lowest BCUT2D eigenvalue weighted by molar-refractivity contribution is 0.0303. The SMILES string of the molecule is O=C(c1ccnc(NC2CCCN(C(=O)c3ccco3)C2)c1)N1CCOCC1. The Bertz CT molecular complexity index is 817. The lowest BCUT2D eigenvalue weighted by Gasteiger charge is -2.33. The number of piperidine rings is 1. The van der Waals surface area contributed by atoms with E-state index in [4.69, 9.17) is 9.15 Å². The molecule has 0 aliphatic carbocycles. The first-order valence-corrected chi connectivity index (χ1v) is 9.63. The van der Waals surface area contributed by atoms with Crippen LogP contribution in [-0.4, -0.2) is 72.0 Å². The molecule has 28 heavy (non-hydrogen) atoms. The molecule has 2 fully saturated rings. The number of nitrogens with zero attached hydrogens (tertiary/aromatic N) is 3. The molecule has 8 heteroatoms. The van der Waals surface area contributed by atoms with Gasteiger partial charge in [-0.2, -0.15) is 0 Å². The number of amides is 2. The molecule has 0 saturated carbocycles. The van der Waals surface area contributed by atoms with Gasteiger partial charge < -0.3 is 24.3 Å². The molecule has 2 aromatic rings. The summed E-state index contributed by atoms with van der Waals surface area (Å²) in [5, 5.41) is 3.38. The van der Waals surface area contributed by atoms with Crippen LogP contribution in [0.15, 0.2) is 41.1 Å². The fourth-order valence-electron chi connectivity index (χ4n) is 3.64. The summed E-state index contributed by atoms with van der Waals surface area (Å²) in [6, 6.07) is 6.99. The molecular formula is C20H24N4O4. The molecule has 1 N–H and O–H groups in total. The normalized spacial score (nSPS) is 20.1.